The van der Waals surface area contributed by atoms with Crippen LogP contribution in [0.1, 0.15) is 15.5 Å². The number of amides is 1. The van der Waals surface area contributed by atoms with E-state index in [2.05, 4.69) is 4.98 Å². The molecule has 0 aliphatic rings. The molecule has 0 radical (unpaired) electrons. The van der Waals surface area contributed by atoms with Crippen molar-refractivity contribution in [1.29, 1.82) is 0 Å². The summed E-state index contributed by atoms with van der Waals surface area (Å²) in [6.07, 6.45) is 0. The number of carbonyl (C=O) groups is 2. The van der Waals surface area contributed by atoms with Crippen molar-refractivity contribution in [2.45, 2.75) is 6.92 Å². The Morgan fingerprint density at radius 2 is 2.29 bits per heavy atom. The van der Waals surface area contributed by atoms with E-state index in [1.54, 1.807) is 12.3 Å². The van der Waals surface area contributed by atoms with Gasteiger partial charge in [-0.15, -0.1) is 11.3 Å². The Labute approximate surface area is 103 Å². The SMILES string of the molecule is COCCN(CC(=O)O)C(=O)c1csc(C)n1. The Morgan fingerprint density at radius 1 is 1.59 bits per heavy atom. The zero-order valence-electron chi connectivity index (χ0n) is 9.67. The third-order valence-electron chi connectivity index (χ3n) is 2.02. The van der Waals surface area contributed by atoms with E-state index in [4.69, 9.17) is 9.84 Å². The van der Waals surface area contributed by atoms with Crippen molar-refractivity contribution in [1.82, 2.24) is 9.88 Å². The maximum Gasteiger partial charge on any atom is 0.323 e. The summed E-state index contributed by atoms with van der Waals surface area (Å²) in [5.41, 5.74) is 0.282. The minimum Gasteiger partial charge on any atom is -0.480 e. The van der Waals surface area contributed by atoms with E-state index in [1.807, 2.05) is 0 Å². The van der Waals surface area contributed by atoms with Crippen LogP contribution in [0.3, 0.4) is 0 Å². The van der Waals surface area contributed by atoms with Gasteiger partial charge >= 0.3 is 5.97 Å². The fraction of sp³-hybridized carbons (Fsp3) is 0.500. The average molecular weight is 258 g/mol. The number of carboxylic acid groups (broad SMARTS) is 1. The van der Waals surface area contributed by atoms with Crippen molar-refractivity contribution in [3.63, 3.8) is 0 Å². The van der Waals surface area contributed by atoms with Gasteiger partial charge in [0.1, 0.15) is 12.2 Å². The molecule has 0 saturated carbocycles. The van der Waals surface area contributed by atoms with Crippen molar-refractivity contribution in [2.24, 2.45) is 0 Å². The standard InChI is InChI=1S/C10H14N2O4S/c1-7-11-8(6-17-7)10(15)12(3-4-16-2)5-9(13)14/h6H,3-5H2,1-2H3,(H,13,14). The van der Waals surface area contributed by atoms with Crippen LogP contribution < -0.4 is 0 Å². The number of methoxy groups -OCH3 is 1. The number of aromatic nitrogens is 1. The van der Waals surface area contributed by atoms with E-state index in [1.165, 1.54) is 23.3 Å². The molecule has 1 N–H and O–H groups in total. The monoisotopic (exact) mass is 258 g/mol. The number of hydrogen-bond donors (Lipinski definition) is 1. The summed E-state index contributed by atoms with van der Waals surface area (Å²) in [6.45, 7) is 1.97. The smallest absolute Gasteiger partial charge is 0.323 e. The third kappa shape index (κ3) is 4.12. The molecular formula is C10H14N2O4S. The zero-order valence-corrected chi connectivity index (χ0v) is 10.5. The Balaban J connectivity index is 2.74. The predicted molar refractivity (Wildman–Crippen MR) is 62.3 cm³/mol. The second-order valence-electron chi connectivity index (χ2n) is 3.37. The van der Waals surface area contributed by atoms with E-state index in [9.17, 15) is 9.59 Å². The number of carboxylic acids is 1. The summed E-state index contributed by atoms with van der Waals surface area (Å²) in [7, 11) is 1.50. The van der Waals surface area contributed by atoms with Crippen LogP contribution in [-0.4, -0.2) is 53.7 Å². The molecule has 6 nitrogen and oxygen atoms in total. The van der Waals surface area contributed by atoms with Gasteiger partial charge in [-0.25, -0.2) is 4.98 Å². The molecule has 0 bridgehead atoms. The summed E-state index contributed by atoms with van der Waals surface area (Å²) in [5, 5.41) is 11.1. The van der Waals surface area contributed by atoms with Gasteiger partial charge < -0.3 is 14.7 Å². The minimum atomic E-state index is -1.05. The van der Waals surface area contributed by atoms with Crippen LogP contribution >= 0.6 is 11.3 Å². The normalized spacial score (nSPS) is 10.2. The summed E-state index contributed by atoms with van der Waals surface area (Å²) >= 11 is 1.36. The Kier molecular flexibility index (Phi) is 5.05. The van der Waals surface area contributed by atoms with Crippen LogP contribution in [0.25, 0.3) is 0 Å². The first-order valence-corrected chi connectivity index (χ1v) is 5.84. The highest BCUT2D eigenvalue weighted by molar-refractivity contribution is 7.09. The molecule has 94 valence electrons. The van der Waals surface area contributed by atoms with Gasteiger partial charge in [-0.05, 0) is 6.92 Å². The first-order valence-electron chi connectivity index (χ1n) is 4.96. The molecule has 17 heavy (non-hydrogen) atoms. The van der Waals surface area contributed by atoms with Crippen molar-refractivity contribution in [3.8, 4) is 0 Å². The summed E-state index contributed by atoms with van der Waals surface area (Å²) in [6, 6.07) is 0. The quantitative estimate of drug-likeness (QED) is 0.809. The predicted octanol–water partition coefficient (Wildman–Crippen LogP) is 0.625. The molecule has 0 atom stereocenters. The number of hydrogen-bond acceptors (Lipinski definition) is 5. The summed E-state index contributed by atoms with van der Waals surface area (Å²) in [4.78, 5) is 27.9. The van der Waals surface area contributed by atoms with Gasteiger partial charge in [-0.3, -0.25) is 9.59 Å². The average Bonchev–Trinajstić information content (AvgIpc) is 2.69. The van der Waals surface area contributed by atoms with Crippen LogP contribution in [0, 0.1) is 6.92 Å². The van der Waals surface area contributed by atoms with E-state index in [-0.39, 0.29) is 24.7 Å². The highest BCUT2D eigenvalue weighted by atomic mass is 32.1. The fourth-order valence-corrected chi connectivity index (χ4v) is 1.83. The van der Waals surface area contributed by atoms with Crippen LogP contribution in [0.5, 0.6) is 0 Å². The lowest BCUT2D eigenvalue weighted by Gasteiger charge is -2.18. The number of carbonyl (C=O) groups excluding carboxylic acids is 1. The Hall–Kier alpha value is -1.47. The zero-order chi connectivity index (χ0) is 12.8. The van der Waals surface area contributed by atoms with Gasteiger partial charge in [0.15, 0.2) is 0 Å². The first-order chi connectivity index (χ1) is 8.04. The molecule has 0 saturated heterocycles. The summed E-state index contributed by atoms with van der Waals surface area (Å²) < 4.78 is 4.84. The lowest BCUT2D eigenvalue weighted by molar-refractivity contribution is -0.137. The van der Waals surface area contributed by atoms with Crippen molar-refractivity contribution in [3.05, 3.63) is 16.1 Å². The highest BCUT2D eigenvalue weighted by Crippen LogP contribution is 2.10. The first kappa shape index (κ1) is 13.6. The second-order valence-corrected chi connectivity index (χ2v) is 4.43. The van der Waals surface area contributed by atoms with E-state index < -0.39 is 5.97 Å². The maximum atomic E-state index is 12.0. The third-order valence-corrected chi connectivity index (χ3v) is 2.79. The fourth-order valence-electron chi connectivity index (χ4n) is 1.24. The molecule has 0 aliphatic heterocycles. The molecule has 1 heterocycles. The Bertz CT molecular complexity index is 405. The maximum absolute atomic E-state index is 12.0. The van der Waals surface area contributed by atoms with Gasteiger partial charge in [0, 0.05) is 19.0 Å². The molecule has 1 aromatic rings. The molecule has 0 unspecified atom stereocenters. The van der Waals surface area contributed by atoms with Crippen LogP contribution in [0.2, 0.25) is 0 Å². The number of aryl methyl sites for hydroxylation is 1. The van der Waals surface area contributed by atoms with Crippen LogP contribution in [0.15, 0.2) is 5.38 Å². The topological polar surface area (TPSA) is 79.7 Å². The van der Waals surface area contributed by atoms with E-state index in [0.29, 0.717) is 6.61 Å². The van der Waals surface area contributed by atoms with Gasteiger partial charge in [-0.2, -0.15) is 0 Å². The molecule has 1 aromatic heterocycles. The van der Waals surface area contributed by atoms with E-state index in [0.717, 1.165) is 5.01 Å². The van der Waals surface area contributed by atoms with Gasteiger partial charge in [0.25, 0.3) is 5.91 Å². The number of aliphatic carboxylic acids is 1. The lowest BCUT2D eigenvalue weighted by Crippen LogP contribution is -2.38. The molecule has 0 aliphatic carbocycles. The number of nitrogens with zero attached hydrogens (tertiary/aromatic N) is 2. The lowest BCUT2D eigenvalue weighted by atomic mass is 10.3. The van der Waals surface area contributed by atoms with E-state index >= 15 is 0 Å². The molecule has 1 amide bonds. The van der Waals surface area contributed by atoms with Gasteiger partial charge in [0.2, 0.25) is 0 Å². The molecule has 0 aromatic carbocycles. The Morgan fingerprint density at radius 3 is 2.76 bits per heavy atom. The number of rotatable bonds is 6. The molecule has 0 spiro atoms. The van der Waals surface area contributed by atoms with Crippen LogP contribution in [0.4, 0.5) is 0 Å². The second kappa shape index (κ2) is 6.31. The van der Waals surface area contributed by atoms with Crippen molar-refractivity contribution >= 4 is 23.2 Å². The van der Waals surface area contributed by atoms with Crippen molar-refractivity contribution < 1.29 is 19.4 Å². The molecule has 7 heteroatoms. The summed E-state index contributed by atoms with van der Waals surface area (Å²) in [5.74, 6) is -1.43. The largest absolute Gasteiger partial charge is 0.480 e. The number of thiazole rings is 1. The number of ether oxygens (including phenoxy) is 1. The highest BCUT2D eigenvalue weighted by Gasteiger charge is 2.20. The molecule has 0 fully saturated rings. The molecule has 1 rings (SSSR count). The van der Waals surface area contributed by atoms with Gasteiger partial charge in [0.05, 0.1) is 11.6 Å². The van der Waals surface area contributed by atoms with Crippen LogP contribution in [-0.2, 0) is 9.53 Å². The molecular weight excluding hydrogens is 244 g/mol. The van der Waals surface area contributed by atoms with Crippen molar-refractivity contribution in [2.75, 3.05) is 26.8 Å². The minimum absolute atomic E-state index is 0.234. The van der Waals surface area contributed by atoms with Gasteiger partial charge in [-0.1, -0.05) is 0 Å².